The highest BCUT2D eigenvalue weighted by molar-refractivity contribution is 5.88. The summed E-state index contributed by atoms with van der Waals surface area (Å²) in [5.74, 6) is -2.35. The Labute approximate surface area is 103 Å². The summed E-state index contributed by atoms with van der Waals surface area (Å²) in [6.45, 7) is 1.83. The van der Waals surface area contributed by atoms with Gasteiger partial charge in [-0.15, -0.1) is 0 Å². The summed E-state index contributed by atoms with van der Waals surface area (Å²) in [5.41, 5.74) is -1.45. The van der Waals surface area contributed by atoms with Crippen molar-refractivity contribution in [1.29, 1.82) is 0 Å². The number of rotatable bonds is 4. The number of halogens is 3. The summed E-state index contributed by atoms with van der Waals surface area (Å²) in [6, 6.07) is 0. The van der Waals surface area contributed by atoms with Crippen molar-refractivity contribution in [1.82, 2.24) is 4.90 Å². The van der Waals surface area contributed by atoms with Crippen molar-refractivity contribution in [3.05, 3.63) is 0 Å². The van der Waals surface area contributed by atoms with E-state index in [1.54, 1.807) is 6.92 Å². The smallest absolute Gasteiger partial charge is 0.397 e. The minimum atomic E-state index is -4.60. The lowest BCUT2D eigenvalue weighted by Gasteiger charge is -2.34. The van der Waals surface area contributed by atoms with Gasteiger partial charge in [0.1, 0.15) is 12.0 Å². The first-order valence-electron chi connectivity index (χ1n) is 5.83. The van der Waals surface area contributed by atoms with Gasteiger partial charge in [0.05, 0.1) is 0 Å². The largest absolute Gasteiger partial charge is 0.479 e. The molecule has 1 aliphatic rings. The van der Waals surface area contributed by atoms with Gasteiger partial charge in [0.2, 0.25) is 5.91 Å². The lowest BCUT2D eigenvalue weighted by atomic mass is 9.90. The molecule has 7 heteroatoms. The van der Waals surface area contributed by atoms with Gasteiger partial charge in [-0.25, -0.2) is 4.79 Å². The van der Waals surface area contributed by atoms with Gasteiger partial charge in [-0.1, -0.05) is 13.3 Å². The van der Waals surface area contributed by atoms with Crippen molar-refractivity contribution < 1.29 is 27.9 Å². The molecule has 0 aliphatic carbocycles. The van der Waals surface area contributed by atoms with Crippen molar-refractivity contribution in [3.8, 4) is 0 Å². The number of hydrogen-bond donors (Lipinski definition) is 1. The molecule has 18 heavy (non-hydrogen) atoms. The van der Waals surface area contributed by atoms with E-state index in [0.717, 1.165) is 4.90 Å². The summed E-state index contributed by atoms with van der Waals surface area (Å²) in [7, 11) is 0. The quantitative estimate of drug-likeness (QED) is 0.849. The number of carbonyl (C=O) groups is 2. The normalized spacial score (nSPS) is 24.3. The monoisotopic (exact) mass is 267 g/mol. The molecule has 104 valence electrons. The van der Waals surface area contributed by atoms with Crippen molar-refractivity contribution in [3.63, 3.8) is 0 Å². The molecule has 0 spiro atoms. The summed E-state index contributed by atoms with van der Waals surface area (Å²) in [6.07, 6.45) is -4.86. The molecule has 1 amide bonds. The van der Waals surface area contributed by atoms with Crippen LogP contribution in [0.5, 0.6) is 0 Å². The minimum absolute atomic E-state index is 0.0845. The number of carboxylic acid groups (broad SMARTS) is 1. The maximum absolute atomic E-state index is 12.2. The molecular formula is C11H16F3NO3. The molecule has 4 nitrogen and oxygen atoms in total. The molecule has 1 saturated heterocycles. The Bertz CT molecular complexity index is 343. The first-order valence-corrected chi connectivity index (χ1v) is 5.83. The number of alkyl halides is 3. The maximum Gasteiger partial charge on any atom is 0.397 e. The van der Waals surface area contributed by atoms with Gasteiger partial charge in [0.25, 0.3) is 0 Å². The zero-order valence-corrected chi connectivity index (χ0v) is 10.1. The number of carboxylic acids is 1. The molecule has 0 bridgehead atoms. The highest BCUT2D eigenvalue weighted by atomic mass is 19.4. The third-order valence-electron chi connectivity index (χ3n) is 3.20. The molecule has 1 heterocycles. The predicted molar refractivity (Wildman–Crippen MR) is 56.9 cm³/mol. The van der Waals surface area contributed by atoms with E-state index in [-0.39, 0.29) is 19.4 Å². The van der Waals surface area contributed by atoms with Crippen LogP contribution in [-0.2, 0) is 9.59 Å². The number of amides is 1. The van der Waals surface area contributed by atoms with E-state index in [0.29, 0.717) is 12.8 Å². The highest BCUT2D eigenvalue weighted by Gasteiger charge is 2.50. The summed E-state index contributed by atoms with van der Waals surface area (Å²) in [5, 5.41) is 9.24. The van der Waals surface area contributed by atoms with E-state index >= 15 is 0 Å². The van der Waals surface area contributed by atoms with E-state index < -0.39 is 30.0 Å². The van der Waals surface area contributed by atoms with Crippen LogP contribution in [0.15, 0.2) is 0 Å². The van der Waals surface area contributed by atoms with Crippen LogP contribution in [0.2, 0.25) is 0 Å². The van der Waals surface area contributed by atoms with Gasteiger partial charge in [-0.3, -0.25) is 4.79 Å². The van der Waals surface area contributed by atoms with E-state index in [1.165, 1.54) is 0 Å². The molecule has 0 saturated carbocycles. The van der Waals surface area contributed by atoms with Crippen LogP contribution in [0.1, 0.15) is 39.0 Å². The topological polar surface area (TPSA) is 57.6 Å². The highest BCUT2D eigenvalue weighted by Crippen LogP contribution is 2.35. The Hall–Kier alpha value is -1.27. The number of aliphatic carboxylic acids is 1. The predicted octanol–water partition coefficient (Wildman–Crippen LogP) is 2.18. The van der Waals surface area contributed by atoms with Crippen LogP contribution in [0, 0.1) is 0 Å². The molecule has 0 aromatic rings. The maximum atomic E-state index is 12.2. The van der Waals surface area contributed by atoms with Crippen LogP contribution in [0.4, 0.5) is 13.2 Å². The lowest BCUT2D eigenvalue weighted by Crippen LogP contribution is -2.53. The minimum Gasteiger partial charge on any atom is -0.479 e. The van der Waals surface area contributed by atoms with Crippen molar-refractivity contribution in [2.75, 3.05) is 6.54 Å². The third-order valence-corrected chi connectivity index (χ3v) is 3.20. The van der Waals surface area contributed by atoms with Crippen LogP contribution >= 0.6 is 0 Å². The number of hydrogen-bond acceptors (Lipinski definition) is 2. The second kappa shape index (κ2) is 5.16. The van der Waals surface area contributed by atoms with Gasteiger partial charge in [0, 0.05) is 6.54 Å². The Kier molecular flexibility index (Phi) is 4.24. The summed E-state index contributed by atoms with van der Waals surface area (Å²) in [4.78, 5) is 23.8. The van der Waals surface area contributed by atoms with Gasteiger partial charge >= 0.3 is 12.1 Å². The number of nitrogens with zero attached hydrogens (tertiary/aromatic N) is 1. The van der Waals surface area contributed by atoms with E-state index in [4.69, 9.17) is 0 Å². The molecule has 1 atom stereocenters. The third kappa shape index (κ3) is 2.94. The molecule has 1 N–H and O–H groups in total. The molecule has 0 aromatic heterocycles. The Morgan fingerprint density at radius 1 is 1.39 bits per heavy atom. The van der Waals surface area contributed by atoms with Crippen molar-refractivity contribution >= 4 is 11.9 Å². The number of carbonyl (C=O) groups excluding carboxylic acids is 1. The Morgan fingerprint density at radius 2 is 2.00 bits per heavy atom. The second-order valence-corrected chi connectivity index (χ2v) is 4.53. The summed E-state index contributed by atoms with van der Waals surface area (Å²) < 4.78 is 36.6. The average molecular weight is 267 g/mol. The van der Waals surface area contributed by atoms with Gasteiger partial charge in [0.15, 0.2) is 0 Å². The van der Waals surface area contributed by atoms with Crippen LogP contribution in [-0.4, -0.2) is 40.1 Å². The first kappa shape index (κ1) is 14.8. The lowest BCUT2D eigenvalue weighted by molar-refractivity contribution is -0.171. The molecule has 1 rings (SSSR count). The Balaban J connectivity index is 2.92. The standard InChI is InChI=1S/C11H16F3NO3/c1-2-4-10(9(17)18)5-3-6-15(10)8(16)7-11(12,13)14/h2-7H2,1H3,(H,17,18). The van der Waals surface area contributed by atoms with Gasteiger partial charge in [-0.2, -0.15) is 13.2 Å². The zero-order chi connectivity index (χ0) is 14.0. The van der Waals surface area contributed by atoms with Crippen LogP contribution < -0.4 is 0 Å². The fourth-order valence-electron chi connectivity index (χ4n) is 2.51. The van der Waals surface area contributed by atoms with E-state index in [1.807, 2.05) is 0 Å². The molecule has 0 radical (unpaired) electrons. The van der Waals surface area contributed by atoms with E-state index in [2.05, 4.69) is 0 Å². The van der Waals surface area contributed by atoms with Crippen LogP contribution in [0.3, 0.4) is 0 Å². The number of likely N-dealkylation sites (tertiary alicyclic amines) is 1. The fourth-order valence-corrected chi connectivity index (χ4v) is 2.51. The van der Waals surface area contributed by atoms with Crippen molar-refractivity contribution in [2.45, 2.75) is 50.7 Å². The van der Waals surface area contributed by atoms with E-state index in [9.17, 15) is 27.9 Å². The van der Waals surface area contributed by atoms with Crippen molar-refractivity contribution in [2.24, 2.45) is 0 Å². The van der Waals surface area contributed by atoms with Gasteiger partial charge < -0.3 is 10.0 Å². The van der Waals surface area contributed by atoms with Crippen LogP contribution in [0.25, 0.3) is 0 Å². The molecule has 1 aliphatic heterocycles. The average Bonchev–Trinajstić information content (AvgIpc) is 2.60. The molecule has 1 fully saturated rings. The Morgan fingerprint density at radius 3 is 2.44 bits per heavy atom. The molecule has 0 aromatic carbocycles. The summed E-state index contributed by atoms with van der Waals surface area (Å²) >= 11 is 0. The molecule has 1 unspecified atom stereocenters. The van der Waals surface area contributed by atoms with Gasteiger partial charge in [-0.05, 0) is 19.3 Å². The second-order valence-electron chi connectivity index (χ2n) is 4.53. The first-order chi connectivity index (χ1) is 8.23. The SMILES string of the molecule is CCCC1(C(=O)O)CCCN1C(=O)CC(F)(F)F. The molecular weight excluding hydrogens is 251 g/mol. The fraction of sp³-hybridized carbons (Fsp3) is 0.818. The zero-order valence-electron chi connectivity index (χ0n) is 10.1.